The van der Waals surface area contributed by atoms with E-state index in [1.807, 2.05) is 25.2 Å². The van der Waals surface area contributed by atoms with Gasteiger partial charge >= 0.3 is 0 Å². The minimum absolute atomic E-state index is 0.0975. The maximum absolute atomic E-state index is 12.6. The molecule has 0 unspecified atom stereocenters. The molecule has 1 fully saturated rings. The average molecular weight is 465 g/mol. The predicted octanol–water partition coefficient (Wildman–Crippen LogP) is 5.04. The molecule has 0 bridgehead atoms. The highest BCUT2D eigenvalue weighted by Crippen LogP contribution is 2.29. The van der Waals surface area contributed by atoms with Gasteiger partial charge in [0, 0.05) is 29.1 Å². The number of likely N-dealkylation sites (tertiary alicyclic amines) is 1. The number of nitrogens with zero attached hydrogens (tertiary/aromatic N) is 3. The first-order valence-corrected chi connectivity index (χ1v) is 12.3. The van der Waals surface area contributed by atoms with Crippen LogP contribution >= 0.6 is 23.1 Å². The summed E-state index contributed by atoms with van der Waals surface area (Å²) < 4.78 is 31.3. The van der Waals surface area contributed by atoms with E-state index in [4.69, 9.17) is 11.6 Å². The second-order valence-corrected chi connectivity index (χ2v) is 9.92. The minimum Gasteiger partial charge on any atom is -0.292 e. The number of rotatable bonds is 8. The fraction of sp³-hybridized carbons (Fsp3) is 0.333. The summed E-state index contributed by atoms with van der Waals surface area (Å²) in [6, 6.07) is 5.09. The van der Waals surface area contributed by atoms with E-state index in [-0.39, 0.29) is 16.1 Å². The number of allylic oxidation sites excluding steroid dienone is 3. The molecule has 0 amide bonds. The second kappa shape index (κ2) is 10.3. The lowest BCUT2D eigenvalue weighted by atomic mass is 9.95. The third-order valence-electron chi connectivity index (χ3n) is 4.95. The molecule has 1 aromatic carbocycles. The molecule has 3 rings (SSSR count). The van der Waals surface area contributed by atoms with Gasteiger partial charge in [-0.3, -0.25) is 9.62 Å². The van der Waals surface area contributed by atoms with E-state index in [1.54, 1.807) is 12.1 Å². The third kappa shape index (κ3) is 5.78. The third-order valence-corrected chi connectivity index (χ3v) is 7.34. The van der Waals surface area contributed by atoms with Crippen LogP contribution in [0.4, 0.5) is 5.13 Å². The van der Waals surface area contributed by atoms with Crippen molar-refractivity contribution in [1.29, 1.82) is 0 Å². The van der Waals surface area contributed by atoms with Gasteiger partial charge in [-0.2, -0.15) is 4.37 Å². The molecule has 2 aromatic rings. The quantitative estimate of drug-likeness (QED) is 0.554. The Hall–Kier alpha value is -2.00. The number of sulfonamides is 1. The van der Waals surface area contributed by atoms with Crippen molar-refractivity contribution in [1.82, 2.24) is 14.3 Å². The van der Waals surface area contributed by atoms with Crippen molar-refractivity contribution in [2.75, 3.05) is 11.3 Å². The summed E-state index contributed by atoms with van der Waals surface area (Å²) in [7, 11) is -3.76. The molecule has 1 aromatic heterocycles. The van der Waals surface area contributed by atoms with Crippen LogP contribution in [0.3, 0.4) is 0 Å². The first-order chi connectivity index (χ1) is 14.4. The highest BCUT2D eigenvalue weighted by molar-refractivity contribution is 7.93. The lowest BCUT2D eigenvalue weighted by Gasteiger charge is -2.36. The number of hydrogen-bond donors (Lipinski definition) is 1. The van der Waals surface area contributed by atoms with Crippen molar-refractivity contribution in [3.8, 4) is 0 Å². The van der Waals surface area contributed by atoms with Gasteiger partial charge in [-0.25, -0.2) is 13.4 Å². The van der Waals surface area contributed by atoms with Crippen LogP contribution < -0.4 is 4.72 Å². The molecule has 1 saturated heterocycles. The van der Waals surface area contributed by atoms with Crippen molar-refractivity contribution in [3.05, 3.63) is 71.6 Å². The van der Waals surface area contributed by atoms with Gasteiger partial charge in [0.1, 0.15) is 6.33 Å². The number of piperidine rings is 1. The van der Waals surface area contributed by atoms with Gasteiger partial charge in [-0.05, 0) is 49.6 Å². The fourth-order valence-corrected chi connectivity index (χ4v) is 5.43. The van der Waals surface area contributed by atoms with Gasteiger partial charge in [-0.1, -0.05) is 55.0 Å². The molecule has 1 N–H and O–H groups in total. The highest BCUT2D eigenvalue weighted by Gasteiger charge is 2.25. The molecule has 6 nitrogen and oxygen atoms in total. The van der Waals surface area contributed by atoms with Crippen molar-refractivity contribution < 1.29 is 8.42 Å². The van der Waals surface area contributed by atoms with Gasteiger partial charge < -0.3 is 0 Å². The van der Waals surface area contributed by atoms with Gasteiger partial charge in [0.2, 0.25) is 5.13 Å². The summed E-state index contributed by atoms with van der Waals surface area (Å²) in [5.41, 5.74) is 1.97. The van der Waals surface area contributed by atoms with Crippen molar-refractivity contribution in [3.63, 3.8) is 0 Å². The number of halogens is 1. The first kappa shape index (κ1) is 22.7. The summed E-state index contributed by atoms with van der Waals surface area (Å²) in [5, 5.41) is 0.644. The summed E-state index contributed by atoms with van der Waals surface area (Å²) in [5.74, 6) is 0. The Balaban J connectivity index is 1.75. The zero-order chi connectivity index (χ0) is 21.6. The summed E-state index contributed by atoms with van der Waals surface area (Å²) in [4.78, 5) is 6.31. The van der Waals surface area contributed by atoms with E-state index in [0.29, 0.717) is 11.6 Å². The Morgan fingerprint density at radius 2 is 2.23 bits per heavy atom. The molecule has 0 saturated carbocycles. The Bertz CT molecular complexity index is 1030. The van der Waals surface area contributed by atoms with Crippen LogP contribution in [-0.2, 0) is 16.6 Å². The fourth-order valence-electron chi connectivity index (χ4n) is 3.44. The molecule has 0 spiro atoms. The second-order valence-electron chi connectivity index (χ2n) is 7.05. The number of hydrogen-bond acceptors (Lipinski definition) is 6. The van der Waals surface area contributed by atoms with Crippen LogP contribution in [-0.4, -0.2) is 35.3 Å². The SMILES string of the molecule is C=C(/C=C\C=C/C)[C@H]1CCCCN1Cc1ccc(S(=O)(=O)Nc2ncns2)cc1Cl. The number of nitrogens with one attached hydrogen (secondary N) is 1. The van der Waals surface area contributed by atoms with Gasteiger partial charge in [-0.15, -0.1) is 0 Å². The number of aromatic nitrogens is 2. The van der Waals surface area contributed by atoms with E-state index < -0.39 is 10.0 Å². The monoisotopic (exact) mass is 464 g/mol. The molecular formula is C21H25ClN4O2S2. The zero-order valence-corrected chi connectivity index (χ0v) is 19.2. The average Bonchev–Trinajstić information content (AvgIpc) is 3.22. The van der Waals surface area contributed by atoms with Crippen LogP contribution in [0.25, 0.3) is 0 Å². The molecule has 1 aliphatic heterocycles. The minimum atomic E-state index is -3.76. The molecule has 9 heteroatoms. The smallest absolute Gasteiger partial charge is 0.263 e. The molecule has 2 heterocycles. The Kier molecular flexibility index (Phi) is 7.82. The van der Waals surface area contributed by atoms with Crippen LogP contribution in [0.2, 0.25) is 5.02 Å². The van der Waals surface area contributed by atoms with E-state index in [2.05, 4.69) is 31.6 Å². The van der Waals surface area contributed by atoms with E-state index >= 15 is 0 Å². The normalized spacial score (nSPS) is 18.3. The number of anilines is 1. The largest absolute Gasteiger partial charge is 0.292 e. The summed E-state index contributed by atoms with van der Waals surface area (Å²) in [6.45, 7) is 7.83. The maximum Gasteiger partial charge on any atom is 0.263 e. The molecule has 1 atom stereocenters. The molecular weight excluding hydrogens is 440 g/mol. The van der Waals surface area contributed by atoms with Crippen LogP contribution in [0, 0.1) is 0 Å². The standard InChI is InChI=1S/C21H25ClN4O2S2/c1-3-4-5-8-16(2)20-9-6-7-12-26(20)14-17-10-11-18(13-19(17)22)30(27,28)25-21-23-15-24-29-21/h3-5,8,10-11,13,15,20H,2,6-7,9,12,14H2,1H3,(H,23,24,25)/b4-3-,8-5-/t20-/m1/s1. The molecule has 1 aliphatic rings. The Labute approximate surface area is 187 Å². The van der Waals surface area contributed by atoms with Crippen LogP contribution in [0.15, 0.2) is 65.9 Å². The van der Waals surface area contributed by atoms with Gasteiger partial charge in [0.15, 0.2) is 0 Å². The number of benzene rings is 1. The zero-order valence-electron chi connectivity index (χ0n) is 16.8. The Morgan fingerprint density at radius 1 is 1.40 bits per heavy atom. The Morgan fingerprint density at radius 3 is 2.93 bits per heavy atom. The first-order valence-electron chi connectivity index (χ1n) is 9.71. The van der Waals surface area contributed by atoms with Gasteiger partial charge in [0.05, 0.1) is 4.90 Å². The summed E-state index contributed by atoms with van der Waals surface area (Å²) in [6.07, 6.45) is 12.7. The molecule has 160 valence electrons. The van der Waals surface area contributed by atoms with E-state index in [1.165, 1.54) is 18.8 Å². The lowest BCUT2D eigenvalue weighted by Crippen LogP contribution is -2.39. The lowest BCUT2D eigenvalue weighted by molar-refractivity contribution is 0.166. The van der Waals surface area contributed by atoms with Crippen molar-refractivity contribution in [2.45, 2.75) is 43.7 Å². The topological polar surface area (TPSA) is 75.2 Å². The predicted molar refractivity (Wildman–Crippen MR) is 123 cm³/mol. The van der Waals surface area contributed by atoms with Gasteiger partial charge in [0.25, 0.3) is 10.0 Å². The molecule has 0 aliphatic carbocycles. The molecule has 0 radical (unpaired) electrons. The maximum atomic E-state index is 12.6. The highest BCUT2D eigenvalue weighted by atomic mass is 35.5. The van der Waals surface area contributed by atoms with Crippen LogP contribution in [0.5, 0.6) is 0 Å². The summed E-state index contributed by atoms with van der Waals surface area (Å²) >= 11 is 7.45. The molecule has 30 heavy (non-hydrogen) atoms. The van der Waals surface area contributed by atoms with Crippen molar-refractivity contribution in [2.24, 2.45) is 0 Å². The van der Waals surface area contributed by atoms with E-state index in [9.17, 15) is 8.42 Å². The van der Waals surface area contributed by atoms with Crippen LogP contribution in [0.1, 0.15) is 31.7 Å². The van der Waals surface area contributed by atoms with E-state index in [0.717, 1.165) is 42.1 Å². The van der Waals surface area contributed by atoms with Crippen molar-refractivity contribution >= 4 is 38.3 Å².